The molecule has 1 rings (SSSR count). The Labute approximate surface area is 151 Å². The number of ether oxygens (including phenoxy) is 2. The summed E-state index contributed by atoms with van der Waals surface area (Å²) in [4.78, 5) is 47.5. The minimum atomic E-state index is -1.15. The number of hydrogen-bond acceptors (Lipinski definition) is 7. The first-order valence-electron chi connectivity index (χ1n) is 8.18. The highest BCUT2D eigenvalue weighted by atomic mass is 16.6. The van der Waals surface area contributed by atoms with Gasteiger partial charge in [-0.05, 0) is 33.6 Å². The molecule has 0 aromatic rings. The number of hydrogen-bond donors (Lipinski definition) is 3. The van der Waals surface area contributed by atoms with Gasteiger partial charge in [0, 0.05) is 6.54 Å². The van der Waals surface area contributed by atoms with Crippen LogP contribution in [-0.4, -0.2) is 71.0 Å². The lowest BCUT2D eigenvalue weighted by Gasteiger charge is -2.37. The fourth-order valence-corrected chi connectivity index (χ4v) is 2.24. The average Bonchev–Trinajstić information content (AvgIpc) is 2.55. The quantitative estimate of drug-likeness (QED) is 0.477. The Balaban J connectivity index is 2.92. The average molecular weight is 374 g/mol. The smallest absolute Gasteiger partial charge is 0.426 e. The second-order valence-corrected chi connectivity index (χ2v) is 6.65. The van der Waals surface area contributed by atoms with E-state index in [2.05, 4.69) is 10.9 Å². The van der Waals surface area contributed by atoms with Crippen molar-refractivity contribution >= 4 is 24.1 Å². The Kier molecular flexibility index (Phi) is 7.62. The number of urea groups is 1. The first-order valence-corrected chi connectivity index (χ1v) is 8.18. The zero-order valence-corrected chi connectivity index (χ0v) is 15.4. The molecule has 0 aromatic carbocycles. The summed E-state index contributed by atoms with van der Waals surface area (Å²) >= 11 is 0. The lowest BCUT2D eigenvalue weighted by Crippen LogP contribution is -2.63. The Morgan fingerprint density at radius 2 is 1.96 bits per heavy atom. The van der Waals surface area contributed by atoms with E-state index < -0.39 is 42.1 Å². The topological polar surface area (TPSA) is 138 Å². The van der Waals surface area contributed by atoms with Crippen molar-refractivity contribution in [3.05, 3.63) is 0 Å². The molecule has 0 spiro atoms. The summed E-state index contributed by atoms with van der Waals surface area (Å²) in [5, 5.41) is 10.7. The number of esters is 1. The highest BCUT2D eigenvalue weighted by Gasteiger charge is 2.36. The van der Waals surface area contributed by atoms with Gasteiger partial charge in [0.25, 0.3) is 0 Å². The monoisotopic (exact) mass is 374 g/mol. The van der Waals surface area contributed by atoms with Crippen LogP contribution in [0.1, 0.15) is 40.0 Å². The number of carbonyl (C=O) groups is 4. The first-order chi connectivity index (χ1) is 12.0. The maximum Gasteiger partial charge on any atom is 0.426 e. The minimum absolute atomic E-state index is 0.306. The fraction of sp³-hybridized carbons (Fsp3) is 0.733. The molecule has 1 fully saturated rings. The number of carboxylic acids is 1. The van der Waals surface area contributed by atoms with E-state index in [1.807, 2.05) is 0 Å². The number of nitrogens with zero attached hydrogens (tertiary/aromatic N) is 2. The zero-order valence-electron chi connectivity index (χ0n) is 15.4. The largest absolute Gasteiger partial charge is 0.481 e. The summed E-state index contributed by atoms with van der Waals surface area (Å²) in [7, 11) is 1.21. The summed E-state index contributed by atoms with van der Waals surface area (Å²) in [5.74, 6) is -1.76. The van der Waals surface area contributed by atoms with Crippen LogP contribution in [0.3, 0.4) is 0 Å². The van der Waals surface area contributed by atoms with Gasteiger partial charge in [0.15, 0.2) is 0 Å². The van der Waals surface area contributed by atoms with Crippen LogP contribution in [0.4, 0.5) is 9.59 Å². The van der Waals surface area contributed by atoms with Gasteiger partial charge >= 0.3 is 24.1 Å². The second kappa shape index (κ2) is 9.22. The molecule has 0 bridgehead atoms. The van der Waals surface area contributed by atoms with E-state index in [4.69, 9.17) is 14.6 Å². The van der Waals surface area contributed by atoms with Crippen LogP contribution in [-0.2, 0) is 19.1 Å². The maximum atomic E-state index is 12.8. The predicted molar refractivity (Wildman–Crippen MR) is 88.6 cm³/mol. The molecule has 148 valence electrons. The molecule has 0 saturated carbocycles. The van der Waals surface area contributed by atoms with Gasteiger partial charge < -0.3 is 14.6 Å². The van der Waals surface area contributed by atoms with Gasteiger partial charge in [0.1, 0.15) is 11.6 Å². The van der Waals surface area contributed by atoms with Crippen molar-refractivity contribution in [1.82, 2.24) is 20.9 Å². The Bertz CT molecular complexity index is 547. The molecule has 26 heavy (non-hydrogen) atoms. The summed E-state index contributed by atoms with van der Waals surface area (Å²) in [6.45, 7) is 5.08. The van der Waals surface area contributed by atoms with Gasteiger partial charge in [-0.25, -0.2) is 35.3 Å². The molecule has 1 aliphatic heterocycles. The molecular formula is C15H26N4O7. The molecule has 1 unspecified atom stereocenters. The highest BCUT2D eigenvalue weighted by Crippen LogP contribution is 2.14. The second-order valence-electron chi connectivity index (χ2n) is 6.65. The predicted octanol–water partition coefficient (Wildman–Crippen LogP) is 0.465. The van der Waals surface area contributed by atoms with Crippen LogP contribution in [0.15, 0.2) is 0 Å². The molecule has 3 amide bonds. The Hall–Kier alpha value is -2.56. The van der Waals surface area contributed by atoms with Crippen LogP contribution < -0.4 is 10.9 Å². The number of amides is 3. The zero-order chi connectivity index (χ0) is 19.9. The van der Waals surface area contributed by atoms with E-state index in [1.165, 1.54) is 7.11 Å². The maximum absolute atomic E-state index is 12.8. The molecule has 0 radical (unpaired) electrons. The summed E-state index contributed by atoms with van der Waals surface area (Å²) in [6, 6.07) is -1.67. The molecule has 0 aromatic heterocycles. The standard InChI is InChI=1S/C15H26N4O7/c1-15(2,3)26-13(23)17-18(9-7-11(20)21)14(24)19-10(12(22)25-4)6-5-8-16-19/h10,16H,5-9H2,1-4H3,(H,17,23)(H,20,21). The van der Waals surface area contributed by atoms with Crippen molar-refractivity contribution in [2.75, 3.05) is 20.2 Å². The van der Waals surface area contributed by atoms with Crippen molar-refractivity contribution in [3.63, 3.8) is 0 Å². The molecule has 1 saturated heterocycles. The van der Waals surface area contributed by atoms with Crippen LogP contribution in [0.2, 0.25) is 0 Å². The Morgan fingerprint density at radius 1 is 1.31 bits per heavy atom. The van der Waals surface area contributed by atoms with E-state index in [0.29, 0.717) is 19.4 Å². The van der Waals surface area contributed by atoms with Gasteiger partial charge in [0.05, 0.1) is 20.1 Å². The number of rotatable bonds is 4. The Morgan fingerprint density at radius 3 is 2.50 bits per heavy atom. The van der Waals surface area contributed by atoms with Gasteiger partial charge in [-0.3, -0.25) is 4.79 Å². The first kappa shape index (κ1) is 21.5. The molecule has 11 heteroatoms. The van der Waals surface area contributed by atoms with Crippen LogP contribution >= 0.6 is 0 Å². The molecule has 11 nitrogen and oxygen atoms in total. The molecule has 0 aliphatic carbocycles. The number of aliphatic carboxylic acids is 1. The molecule has 1 aliphatic rings. The third kappa shape index (κ3) is 6.75. The minimum Gasteiger partial charge on any atom is -0.481 e. The van der Waals surface area contributed by atoms with E-state index in [0.717, 1.165) is 10.0 Å². The van der Waals surface area contributed by atoms with Crippen LogP contribution in [0.25, 0.3) is 0 Å². The summed E-state index contributed by atoms with van der Waals surface area (Å²) < 4.78 is 9.78. The summed E-state index contributed by atoms with van der Waals surface area (Å²) in [5.41, 5.74) is 4.20. The number of carboxylic acid groups (broad SMARTS) is 1. The van der Waals surface area contributed by atoms with Crippen molar-refractivity contribution < 1.29 is 33.8 Å². The van der Waals surface area contributed by atoms with Gasteiger partial charge in [-0.2, -0.15) is 0 Å². The van der Waals surface area contributed by atoms with E-state index in [-0.39, 0.29) is 6.54 Å². The van der Waals surface area contributed by atoms with Gasteiger partial charge in [-0.1, -0.05) is 0 Å². The van der Waals surface area contributed by atoms with E-state index in [9.17, 15) is 19.2 Å². The number of methoxy groups -OCH3 is 1. The molecule has 1 atom stereocenters. The number of hydrazine groups is 2. The molecular weight excluding hydrogens is 348 g/mol. The van der Waals surface area contributed by atoms with E-state index >= 15 is 0 Å². The third-order valence-corrected chi connectivity index (χ3v) is 3.33. The lowest BCUT2D eigenvalue weighted by molar-refractivity contribution is -0.148. The molecule has 1 heterocycles. The fourth-order valence-electron chi connectivity index (χ4n) is 2.24. The van der Waals surface area contributed by atoms with Gasteiger partial charge in [-0.15, -0.1) is 0 Å². The highest BCUT2D eigenvalue weighted by molar-refractivity contribution is 5.84. The molecule has 3 N–H and O–H groups in total. The van der Waals surface area contributed by atoms with Crippen LogP contribution in [0.5, 0.6) is 0 Å². The van der Waals surface area contributed by atoms with Gasteiger partial charge in [0.2, 0.25) is 0 Å². The normalized spacial score (nSPS) is 17.2. The van der Waals surface area contributed by atoms with Crippen molar-refractivity contribution in [1.29, 1.82) is 0 Å². The summed E-state index contributed by atoms with van der Waals surface area (Å²) in [6.07, 6.45) is -0.288. The SMILES string of the molecule is COC(=O)C1CCCNN1C(=O)N(CCC(=O)O)NC(=O)OC(C)(C)C. The van der Waals surface area contributed by atoms with Crippen molar-refractivity contribution in [2.24, 2.45) is 0 Å². The number of carbonyl (C=O) groups excluding carboxylic acids is 3. The lowest BCUT2D eigenvalue weighted by atomic mass is 10.1. The van der Waals surface area contributed by atoms with E-state index in [1.54, 1.807) is 20.8 Å². The number of nitrogens with one attached hydrogen (secondary N) is 2. The third-order valence-electron chi connectivity index (χ3n) is 3.33. The van der Waals surface area contributed by atoms with Crippen molar-refractivity contribution in [2.45, 2.75) is 51.7 Å². The van der Waals surface area contributed by atoms with Crippen LogP contribution in [0, 0.1) is 0 Å². The van der Waals surface area contributed by atoms with Crippen molar-refractivity contribution in [3.8, 4) is 0 Å².